The van der Waals surface area contributed by atoms with E-state index in [1.165, 1.54) is 11.4 Å². The van der Waals surface area contributed by atoms with Gasteiger partial charge in [0.1, 0.15) is 10.6 Å². The van der Waals surface area contributed by atoms with E-state index in [2.05, 4.69) is 15.9 Å². The van der Waals surface area contributed by atoms with Crippen LogP contribution in [0.4, 0.5) is 0 Å². The lowest BCUT2D eigenvalue weighted by Crippen LogP contribution is -2.37. The van der Waals surface area contributed by atoms with E-state index in [1.807, 2.05) is 17.5 Å². The minimum absolute atomic E-state index is 0.0621. The maximum atomic E-state index is 13.4. The predicted molar refractivity (Wildman–Crippen MR) is 102 cm³/mol. The van der Waals surface area contributed by atoms with Crippen molar-refractivity contribution in [3.05, 3.63) is 45.1 Å². The molecular weight excluding hydrogens is 426 g/mol. The Morgan fingerprint density at radius 2 is 2.24 bits per heavy atom. The van der Waals surface area contributed by atoms with Crippen molar-refractivity contribution in [2.45, 2.75) is 30.4 Å². The summed E-state index contributed by atoms with van der Waals surface area (Å²) in [5.74, 6) is 0.340. The first-order chi connectivity index (χ1) is 12.0. The predicted octanol–water partition coefficient (Wildman–Crippen LogP) is 3.89. The van der Waals surface area contributed by atoms with Gasteiger partial charge in [-0.1, -0.05) is 22.0 Å². The van der Waals surface area contributed by atoms with E-state index >= 15 is 0 Å². The highest BCUT2D eigenvalue weighted by Gasteiger charge is 2.31. The molecule has 2 heterocycles. The lowest BCUT2D eigenvalue weighted by atomic mass is 10.2. The molecule has 0 radical (unpaired) electrons. The summed E-state index contributed by atoms with van der Waals surface area (Å²) in [5, 5.41) is 1.95. The summed E-state index contributed by atoms with van der Waals surface area (Å²) in [6.07, 6.45) is 1.79. The minimum Gasteiger partial charge on any atom is -0.495 e. The van der Waals surface area contributed by atoms with Gasteiger partial charge in [0.2, 0.25) is 10.0 Å². The van der Waals surface area contributed by atoms with E-state index in [0.29, 0.717) is 29.9 Å². The number of methoxy groups -OCH3 is 1. The fraction of sp³-hybridized carbons (Fsp3) is 0.412. The van der Waals surface area contributed by atoms with E-state index in [0.717, 1.165) is 17.7 Å². The Morgan fingerprint density at radius 1 is 1.40 bits per heavy atom. The van der Waals surface area contributed by atoms with Gasteiger partial charge in [-0.25, -0.2) is 8.42 Å². The number of hydrogen-bond acceptors (Lipinski definition) is 5. The first-order valence-electron chi connectivity index (χ1n) is 7.98. The van der Waals surface area contributed by atoms with Gasteiger partial charge in [0, 0.05) is 29.0 Å². The fourth-order valence-corrected chi connectivity index (χ4v) is 5.78. The molecule has 5 nitrogen and oxygen atoms in total. The average molecular weight is 446 g/mol. The van der Waals surface area contributed by atoms with Crippen molar-refractivity contribution in [2.24, 2.45) is 0 Å². The average Bonchev–Trinajstić information content (AvgIpc) is 3.28. The summed E-state index contributed by atoms with van der Waals surface area (Å²) >= 11 is 4.90. The Bertz CT molecular complexity index is 802. The van der Waals surface area contributed by atoms with Gasteiger partial charge in [-0.15, -0.1) is 11.3 Å². The molecule has 1 aromatic carbocycles. The highest BCUT2D eigenvalue weighted by Crippen LogP contribution is 2.31. The molecule has 0 saturated carbocycles. The van der Waals surface area contributed by atoms with Crippen molar-refractivity contribution >= 4 is 37.3 Å². The molecule has 1 fully saturated rings. The van der Waals surface area contributed by atoms with E-state index in [4.69, 9.17) is 9.47 Å². The van der Waals surface area contributed by atoms with Gasteiger partial charge in [-0.05, 0) is 42.5 Å². The highest BCUT2D eigenvalue weighted by atomic mass is 79.9. The number of benzene rings is 1. The van der Waals surface area contributed by atoms with Crippen LogP contribution in [0.25, 0.3) is 0 Å². The first kappa shape index (κ1) is 18.8. The van der Waals surface area contributed by atoms with Gasteiger partial charge in [-0.2, -0.15) is 4.31 Å². The molecule has 1 aliphatic rings. The van der Waals surface area contributed by atoms with E-state index in [1.54, 1.807) is 29.5 Å². The summed E-state index contributed by atoms with van der Waals surface area (Å²) in [7, 11) is -2.25. The summed E-state index contributed by atoms with van der Waals surface area (Å²) in [5.41, 5.74) is 0. The van der Waals surface area contributed by atoms with E-state index < -0.39 is 10.0 Å². The smallest absolute Gasteiger partial charge is 0.247 e. The molecule has 136 valence electrons. The molecule has 0 spiro atoms. The van der Waals surface area contributed by atoms with Crippen LogP contribution in [-0.2, 0) is 21.3 Å². The summed E-state index contributed by atoms with van der Waals surface area (Å²) in [6.45, 7) is 1.36. The largest absolute Gasteiger partial charge is 0.495 e. The van der Waals surface area contributed by atoms with E-state index in [-0.39, 0.29) is 11.0 Å². The van der Waals surface area contributed by atoms with Gasteiger partial charge >= 0.3 is 0 Å². The van der Waals surface area contributed by atoms with Crippen molar-refractivity contribution in [2.75, 3.05) is 20.3 Å². The first-order valence-corrected chi connectivity index (χ1v) is 11.1. The van der Waals surface area contributed by atoms with Gasteiger partial charge in [0.25, 0.3) is 0 Å². The van der Waals surface area contributed by atoms with Crippen molar-refractivity contribution in [1.29, 1.82) is 0 Å². The number of thiophene rings is 1. The lowest BCUT2D eigenvalue weighted by Gasteiger charge is -2.25. The van der Waals surface area contributed by atoms with Gasteiger partial charge < -0.3 is 9.47 Å². The zero-order valence-corrected chi connectivity index (χ0v) is 17.1. The quantitative estimate of drug-likeness (QED) is 0.648. The molecule has 1 aliphatic heterocycles. The maximum absolute atomic E-state index is 13.4. The molecule has 0 N–H and O–H groups in total. The third-order valence-electron chi connectivity index (χ3n) is 4.09. The molecule has 25 heavy (non-hydrogen) atoms. The Morgan fingerprint density at radius 3 is 2.88 bits per heavy atom. The van der Waals surface area contributed by atoms with Crippen LogP contribution in [0, 0.1) is 0 Å². The zero-order valence-electron chi connectivity index (χ0n) is 13.9. The normalized spacial score (nSPS) is 18.0. The van der Waals surface area contributed by atoms with Crippen molar-refractivity contribution in [1.82, 2.24) is 4.31 Å². The summed E-state index contributed by atoms with van der Waals surface area (Å²) in [6, 6.07) is 8.89. The number of ether oxygens (including phenoxy) is 2. The third kappa shape index (κ3) is 4.43. The monoisotopic (exact) mass is 445 g/mol. The molecule has 1 saturated heterocycles. The highest BCUT2D eigenvalue weighted by molar-refractivity contribution is 9.10. The molecule has 1 aromatic heterocycles. The summed E-state index contributed by atoms with van der Waals surface area (Å²) in [4.78, 5) is 1.16. The molecule has 3 rings (SSSR count). The number of halogens is 1. The van der Waals surface area contributed by atoms with Crippen LogP contribution < -0.4 is 4.74 Å². The molecule has 2 aromatic rings. The summed E-state index contributed by atoms with van der Waals surface area (Å²) < 4.78 is 39.9. The van der Waals surface area contributed by atoms with Crippen LogP contribution in [0.2, 0.25) is 0 Å². The second kappa shape index (κ2) is 8.18. The van der Waals surface area contributed by atoms with Crippen molar-refractivity contribution in [3.8, 4) is 5.75 Å². The number of sulfonamides is 1. The molecule has 0 amide bonds. The topological polar surface area (TPSA) is 55.8 Å². The SMILES string of the molecule is COc1ccc(Br)cc1S(=O)(=O)N(Cc1cccs1)CC1CCCO1. The molecular formula is C17H20BrNO4S2. The minimum atomic E-state index is -3.72. The lowest BCUT2D eigenvalue weighted by molar-refractivity contribution is 0.0927. The Balaban J connectivity index is 1.96. The second-order valence-corrected chi connectivity index (χ2v) is 9.66. The van der Waals surface area contributed by atoms with Crippen LogP contribution in [0.5, 0.6) is 5.75 Å². The Labute approximate surface area is 160 Å². The van der Waals surface area contributed by atoms with Gasteiger partial charge in [0.05, 0.1) is 13.2 Å². The van der Waals surface area contributed by atoms with Gasteiger partial charge in [-0.3, -0.25) is 0 Å². The van der Waals surface area contributed by atoms with Crippen LogP contribution in [0.1, 0.15) is 17.7 Å². The van der Waals surface area contributed by atoms with Gasteiger partial charge in [0.15, 0.2) is 0 Å². The van der Waals surface area contributed by atoms with Crippen molar-refractivity contribution in [3.63, 3.8) is 0 Å². The molecule has 0 bridgehead atoms. The van der Waals surface area contributed by atoms with Crippen LogP contribution in [-0.4, -0.2) is 39.1 Å². The third-order valence-corrected chi connectivity index (χ3v) is 7.27. The maximum Gasteiger partial charge on any atom is 0.247 e. The molecule has 0 aliphatic carbocycles. The Hall–Kier alpha value is -0.930. The zero-order chi connectivity index (χ0) is 17.9. The second-order valence-electron chi connectivity index (χ2n) is 5.81. The molecule has 1 atom stereocenters. The van der Waals surface area contributed by atoms with Crippen LogP contribution in [0.3, 0.4) is 0 Å². The number of hydrogen-bond donors (Lipinski definition) is 0. The number of rotatable bonds is 7. The number of nitrogens with zero attached hydrogens (tertiary/aromatic N) is 1. The van der Waals surface area contributed by atoms with E-state index in [9.17, 15) is 8.42 Å². The standard InChI is InChI=1S/C17H20BrNO4S2/c1-22-16-7-6-13(18)10-17(16)25(20,21)19(11-14-4-2-8-23-14)12-15-5-3-9-24-15/h3,5-7,9-10,14H,2,4,8,11-12H2,1H3. The molecule has 8 heteroatoms. The molecule has 1 unspecified atom stereocenters. The Kier molecular flexibility index (Phi) is 6.17. The fourth-order valence-electron chi connectivity index (χ4n) is 2.83. The van der Waals surface area contributed by atoms with Crippen molar-refractivity contribution < 1.29 is 17.9 Å². The van der Waals surface area contributed by atoms with Crippen LogP contribution in [0.15, 0.2) is 45.1 Å². The van der Waals surface area contributed by atoms with Crippen LogP contribution >= 0.6 is 27.3 Å².